The van der Waals surface area contributed by atoms with Crippen LogP contribution in [-0.4, -0.2) is 152 Å². The van der Waals surface area contributed by atoms with Gasteiger partial charge in [-0.2, -0.15) is 0 Å². The zero-order valence-electron chi connectivity index (χ0n) is 70.4. The molecular weight excluding hydrogens is 1440 g/mol. The van der Waals surface area contributed by atoms with Crippen LogP contribution >= 0.6 is 0 Å². The zero-order chi connectivity index (χ0) is 84.5. The number of rotatable bonds is 43. The monoisotopic (exact) mass is 1570 g/mol. The largest absolute Gasteiger partial charge is 0.511 e. The lowest BCUT2D eigenvalue weighted by Crippen LogP contribution is -2.50. The van der Waals surface area contributed by atoms with Gasteiger partial charge in [0, 0.05) is 129 Å². The molecule has 113 heavy (non-hydrogen) atoms. The van der Waals surface area contributed by atoms with E-state index in [4.69, 9.17) is 24.7 Å². The van der Waals surface area contributed by atoms with Crippen LogP contribution in [0, 0.1) is 46.8 Å². The van der Waals surface area contributed by atoms with Crippen molar-refractivity contribution in [2.75, 3.05) is 26.7 Å². The summed E-state index contributed by atoms with van der Waals surface area (Å²) in [5.41, 5.74) is 8.53. The third-order valence-electron chi connectivity index (χ3n) is 19.4. The number of azide groups is 1. The number of carbonyl (C=O) groups excluding carboxylic acids is 12. The first-order chi connectivity index (χ1) is 52.8. The molecule has 622 valence electrons. The molecule has 2 heterocycles. The minimum atomic E-state index is -1.45. The van der Waals surface area contributed by atoms with Gasteiger partial charge in [0.1, 0.15) is 28.3 Å². The second-order valence-electron chi connectivity index (χ2n) is 35.3. The molecule has 0 fully saturated rings. The lowest BCUT2D eigenvalue weighted by Gasteiger charge is -2.30. The van der Waals surface area contributed by atoms with Crippen molar-refractivity contribution in [3.63, 3.8) is 0 Å². The summed E-state index contributed by atoms with van der Waals surface area (Å²) in [6.07, 6.45) is -0.521. The van der Waals surface area contributed by atoms with E-state index in [1.54, 1.807) is 125 Å². The van der Waals surface area contributed by atoms with Gasteiger partial charge < -0.3 is 50.7 Å². The van der Waals surface area contributed by atoms with Crippen LogP contribution in [0.4, 0.5) is 14.4 Å². The Labute approximate surface area is 666 Å². The normalized spacial score (nSPS) is 15.3. The van der Waals surface area contributed by atoms with Crippen molar-refractivity contribution < 1.29 is 76.9 Å². The molecule has 0 spiro atoms. The second-order valence-corrected chi connectivity index (χ2v) is 35.3. The van der Waals surface area contributed by atoms with E-state index in [1.165, 1.54) is 23.1 Å². The fourth-order valence-electron chi connectivity index (χ4n) is 14.2. The average molecular weight is 1570 g/mol. The van der Waals surface area contributed by atoms with Crippen LogP contribution in [0.15, 0.2) is 82.1 Å². The number of amides is 5. The Balaban J connectivity index is 1.52. The standard InChI is InChI=1S/C86H127N11O16/c1-52(2)40-64(70(100)48-61(76(104)88-19)45-62-43-56-30-20-22-35-67(56)96(62)81(109)112-84(11,12)13)92-78(106)60(34-26-29-39-91-95-87)47-71(101)75(54(5)6)94-79(107)59(33-25-28-38-90-80(108)111-83(8,9)10)46-69(99)65(49-63-44-57-31-21-23-36-68(57)97(63)82(110)113-85(14,15)16)93-77(105)58(42-55(7)98)32-24-27-37-89-66(41-53(3)4)74-72(102)50-86(17,18)51-73(74)103/h20-23,30-31,35-36,43-44,52-54,58-61,64-65,75,102H,24-29,32-34,37-42,45-51H2,1-19H3,(H,88,104)(H,90,108)(H,92,106)(H,93,105)(H,94,107). The molecule has 7 unspecified atom stereocenters. The number of Topliss-reactive ketones (excluding diaryl/α,β-unsaturated/α-hetero) is 5. The third-order valence-corrected chi connectivity index (χ3v) is 19.4. The number of alkyl carbamates (subject to hydrolysis) is 1. The minimum absolute atomic E-state index is 0.0122. The highest BCUT2D eigenvalue weighted by Gasteiger charge is 2.39. The highest BCUT2D eigenvalue weighted by molar-refractivity contribution is 6.23. The van der Waals surface area contributed by atoms with E-state index in [0.717, 1.165) is 0 Å². The predicted molar refractivity (Wildman–Crippen MR) is 436 cm³/mol. The minimum Gasteiger partial charge on any atom is -0.511 e. The van der Waals surface area contributed by atoms with Gasteiger partial charge in [-0.3, -0.25) is 43.3 Å². The average Bonchev–Trinajstić information content (AvgIpc) is 1.61. The highest BCUT2D eigenvalue weighted by Crippen LogP contribution is 2.38. The number of ether oxygens (including phenoxy) is 3. The summed E-state index contributed by atoms with van der Waals surface area (Å²) in [6, 6.07) is 13.8. The summed E-state index contributed by atoms with van der Waals surface area (Å²) in [5.74, 6) is -9.60. The maximum atomic E-state index is 15.7. The van der Waals surface area contributed by atoms with Crippen molar-refractivity contribution in [2.45, 2.75) is 282 Å². The van der Waals surface area contributed by atoms with Crippen molar-refractivity contribution in [3.8, 4) is 0 Å². The number of unbranched alkanes of at least 4 members (excludes halogenated alkanes) is 3. The first kappa shape index (κ1) is 94.1. The van der Waals surface area contributed by atoms with Crippen LogP contribution in [0.5, 0.6) is 0 Å². The SMILES string of the molecule is CNC(=O)C(CC(=O)C(CC(C)C)NC(=O)C(CCCCN=[N+]=[N-])CC(=O)C(NC(=O)C(CCCCNC(=O)OC(C)(C)C)CC(=O)C(Cc1cc2ccccc2n1C(=O)OC(C)(C)C)NC(=O)C(CCCCN=C(CC(C)C)C1=C(O)CC(C)(C)CC1=O)CC(C)=O)C(C)C)Cc1cc2ccccc2n1C(=O)OC(C)(C)C. The number of aliphatic hydroxyl groups is 1. The van der Waals surface area contributed by atoms with Gasteiger partial charge in [-0.15, -0.1) is 0 Å². The van der Waals surface area contributed by atoms with Crippen LogP contribution in [0.2, 0.25) is 0 Å². The molecule has 1 aliphatic carbocycles. The molecule has 0 saturated heterocycles. The summed E-state index contributed by atoms with van der Waals surface area (Å²) >= 11 is 0. The molecule has 0 radical (unpaired) electrons. The molecule has 4 aromatic rings. The van der Waals surface area contributed by atoms with Gasteiger partial charge in [0.15, 0.2) is 23.1 Å². The predicted octanol–water partition coefficient (Wildman–Crippen LogP) is 15.2. The van der Waals surface area contributed by atoms with Gasteiger partial charge in [-0.05, 0) is 174 Å². The first-order valence-corrected chi connectivity index (χ1v) is 40.1. The lowest BCUT2D eigenvalue weighted by atomic mass is 9.75. The topological polar surface area (TPSA) is 384 Å². The number of fused-ring (bicyclic) bond motifs is 2. The number of benzene rings is 2. The van der Waals surface area contributed by atoms with Crippen LogP contribution in [0.25, 0.3) is 32.2 Å². The third kappa shape index (κ3) is 31.1. The van der Waals surface area contributed by atoms with E-state index in [1.807, 2.05) is 53.7 Å². The summed E-state index contributed by atoms with van der Waals surface area (Å²) in [4.78, 5) is 180. The summed E-state index contributed by atoms with van der Waals surface area (Å²) in [6.45, 7) is 32.3. The Morgan fingerprint density at radius 3 is 1.52 bits per heavy atom. The molecule has 1 aliphatic rings. The van der Waals surface area contributed by atoms with E-state index in [2.05, 4.69) is 36.6 Å². The van der Waals surface area contributed by atoms with Crippen LogP contribution < -0.4 is 26.6 Å². The van der Waals surface area contributed by atoms with Gasteiger partial charge in [-0.1, -0.05) is 116 Å². The van der Waals surface area contributed by atoms with Crippen molar-refractivity contribution >= 4 is 98.3 Å². The number of nitrogens with one attached hydrogen (secondary N) is 5. The fraction of sp³-hybridized carbons (Fsp3) is 0.640. The molecule has 0 bridgehead atoms. The maximum Gasteiger partial charge on any atom is 0.419 e. The fourth-order valence-corrected chi connectivity index (χ4v) is 14.2. The summed E-state index contributed by atoms with van der Waals surface area (Å²) in [7, 11) is 1.44. The van der Waals surface area contributed by atoms with Gasteiger partial charge in [-0.25, -0.2) is 23.5 Å². The Kier molecular flexibility index (Phi) is 35.9. The number of hydrogen-bond donors (Lipinski definition) is 6. The Morgan fingerprint density at radius 2 is 1.04 bits per heavy atom. The molecule has 2 aromatic carbocycles. The summed E-state index contributed by atoms with van der Waals surface area (Å²) in [5, 5.41) is 30.4. The molecule has 27 heteroatoms. The number of hydrogen-bond acceptors (Lipinski definition) is 18. The molecule has 7 atom stereocenters. The van der Waals surface area contributed by atoms with E-state index in [9.17, 15) is 43.5 Å². The van der Waals surface area contributed by atoms with Crippen molar-refractivity contribution in [1.82, 2.24) is 35.7 Å². The molecule has 0 aliphatic heterocycles. The quantitative estimate of drug-likeness (QED) is 0.00599. The van der Waals surface area contributed by atoms with E-state index >= 15 is 19.2 Å². The number of aromatic nitrogens is 2. The van der Waals surface area contributed by atoms with Crippen LogP contribution in [-0.2, 0) is 70.2 Å². The Bertz CT molecular complexity index is 4130. The molecule has 0 saturated carbocycles. The van der Waals surface area contributed by atoms with Gasteiger partial charge in [0.2, 0.25) is 23.6 Å². The van der Waals surface area contributed by atoms with Crippen molar-refractivity contribution in [3.05, 3.63) is 93.8 Å². The molecule has 5 rings (SSSR count). The van der Waals surface area contributed by atoms with Crippen LogP contribution in [0.3, 0.4) is 0 Å². The smallest absolute Gasteiger partial charge is 0.419 e. The number of ketones is 5. The molecule has 5 amide bonds. The number of carbonyl (C=O) groups is 12. The molecule has 27 nitrogen and oxygen atoms in total. The number of aliphatic imine (C=N–C) groups is 1. The van der Waals surface area contributed by atoms with E-state index < -0.39 is 142 Å². The van der Waals surface area contributed by atoms with E-state index in [-0.39, 0.29) is 124 Å². The first-order valence-electron chi connectivity index (χ1n) is 40.1. The number of para-hydroxylation sites is 2. The molecule has 2 aromatic heterocycles. The second kappa shape index (κ2) is 43.1. The van der Waals surface area contributed by atoms with Gasteiger partial charge >= 0.3 is 18.3 Å². The zero-order valence-corrected chi connectivity index (χ0v) is 70.4. The van der Waals surface area contributed by atoms with Crippen molar-refractivity contribution in [1.29, 1.82) is 0 Å². The number of allylic oxidation sites excluding steroid dienone is 2. The van der Waals surface area contributed by atoms with Crippen molar-refractivity contribution in [2.24, 2.45) is 56.9 Å². The lowest BCUT2D eigenvalue weighted by molar-refractivity contribution is -0.136. The van der Waals surface area contributed by atoms with Crippen LogP contribution in [0.1, 0.15) is 245 Å². The Hall–Kier alpha value is -9.52. The van der Waals surface area contributed by atoms with Gasteiger partial charge in [0.25, 0.3) is 0 Å². The Morgan fingerprint density at radius 1 is 0.566 bits per heavy atom. The van der Waals surface area contributed by atoms with Gasteiger partial charge in [0.05, 0.1) is 40.6 Å². The number of nitrogens with zero attached hydrogens (tertiary/aromatic N) is 6. The number of aliphatic hydroxyl groups excluding tert-OH is 1. The maximum absolute atomic E-state index is 15.7. The highest BCUT2D eigenvalue weighted by atomic mass is 16.6. The van der Waals surface area contributed by atoms with E-state index in [0.29, 0.717) is 78.2 Å². The molecule has 6 N–H and O–H groups in total. The summed E-state index contributed by atoms with van der Waals surface area (Å²) < 4.78 is 19.9. The molecular formula is C86H127N11O16.